The minimum absolute atomic E-state index is 0.145. The van der Waals surface area contributed by atoms with Gasteiger partial charge in [0.15, 0.2) is 18.0 Å². The lowest BCUT2D eigenvalue weighted by atomic mass is 9.98. The molecule has 0 aliphatic carbocycles. The van der Waals surface area contributed by atoms with Gasteiger partial charge in [0.05, 0.1) is 4.92 Å². The molecule has 0 bridgehead atoms. The Labute approximate surface area is 233 Å². The first-order valence-electron chi connectivity index (χ1n) is 12.2. The summed E-state index contributed by atoms with van der Waals surface area (Å²) in [5, 5.41) is 10.9. The zero-order valence-electron chi connectivity index (χ0n) is 22.5. The number of esters is 4. The van der Waals surface area contributed by atoms with Crippen LogP contribution in [0.1, 0.15) is 43.6 Å². The predicted octanol–water partition coefficient (Wildman–Crippen LogP) is 2.29. The summed E-state index contributed by atoms with van der Waals surface area (Å²) in [6, 6.07) is 10.8. The Kier molecular flexibility index (Phi) is 10.1. The third-order valence-corrected chi connectivity index (χ3v) is 5.66. The van der Waals surface area contributed by atoms with E-state index < -0.39 is 71.9 Å². The highest BCUT2D eigenvalue weighted by molar-refractivity contribution is 6.09. The molecule has 0 N–H and O–H groups in total. The number of rotatable bonds is 10. The number of benzene rings is 2. The van der Waals surface area contributed by atoms with E-state index in [0.717, 1.165) is 27.7 Å². The number of ether oxygens (including phenoxy) is 6. The number of hydrogen-bond acceptors (Lipinski definition) is 13. The van der Waals surface area contributed by atoms with Crippen molar-refractivity contribution in [2.24, 2.45) is 0 Å². The van der Waals surface area contributed by atoms with E-state index in [4.69, 9.17) is 28.4 Å². The molecule has 14 heteroatoms. The number of nitro groups is 1. The molecule has 0 radical (unpaired) electrons. The molecule has 0 aromatic heterocycles. The summed E-state index contributed by atoms with van der Waals surface area (Å²) in [5.41, 5.74) is 0.312. The molecule has 14 nitrogen and oxygen atoms in total. The fourth-order valence-corrected chi connectivity index (χ4v) is 4.00. The molecule has 2 aromatic carbocycles. The zero-order valence-corrected chi connectivity index (χ0v) is 22.5. The van der Waals surface area contributed by atoms with E-state index in [2.05, 4.69) is 0 Å². The van der Waals surface area contributed by atoms with Gasteiger partial charge in [-0.1, -0.05) is 0 Å². The molecule has 1 heterocycles. The van der Waals surface area contributed by atoms with E-state index >= 15 is 0 Å². The van der Waals surface area contributed by atoms with Gasteiger partial charge in [-0.25, -0.2) is 0 Å². The Hall–Kier alpha value is -4.85. The smallest absolute Gasteiger partial charge is 0.303 e. The van der Waals surface area contributed by atoms with Crippen molar-refractivity contribution < 1.29 is 57.3 Å². The number of hydrogen-bond donors (Lipinski definition) is 0. The topological polar surface area (TPSA) is 184 Å². The molecule has 1 aliphatic heterocycles. The Balaban J connectivity index is 1.89. The van der Waals surface area contributed by atoms with Gasteiger partial charge in [-0.2, -0.15) is 0 Å². The fraction of sp³-hybridized carbons (Fsp3) is 0.370. The minimum atomic E-state index is -1.44. The van der Waals surface area contributed by atoms with Crippen molar-refractivity contribution in [3.8, 4) is 5.75 Å². The normalized spacial score (nSPS) is 21.6. The first-order chi connectivity index (χ1) is 19.3. The predicted molar refractivity (Wildman–Crippen MR) is 136 cm³/mol. The van der Waals surface area contributed by atoms with E-state index in [9.17, 15) is 34.1 Å². The van der Waals surface area contributed by atoms with Crippen LogP contribution in [0.2, 0.25) is 0 Å². The van der Waals surface area contributed by atoms with Gasteiger partial charge in [0.25, 0.3) is 5.69 Å². The van der Waals surface area contributed by atoms with Crippen LogP contribution < -0.4 is 4.74 Å². The van der Waals surface area contributed by atoms with Gasteiger partial charge in [0, 0.05) is 51.0 Å². The summed E-state index contributed by atoms with van der Waals surface area (Å²) >= 11 is 0. The van der Waals surface area contributed by atoms with Gasteiger partial charge in [-0.15, -0.1) is 0 Å². The van der Waals surface area contributed by atoms with Gasteiger partial charge >= 0.3 is 23.9 Å². The lowest BCUT2D eigenvalue weighted by Crippen LogP contribution is -2.63. The Bertz CT molecular complexity index is 1310. The number of carbonyl (C=O) groups excluding carboxylic acids is 5. The number of nitrogens with zero attached hydrogens (tertiary/aromatic N) is 1. The Morgan fingerprint density at radius 1 is 0.732 bits per heavy atom. The second-order valence-electron chi connectivity index (χ2n) is 8.84. The lowest BCUT2D eigenvalue weighted by molar-refractivity contribution is -0.384. The van der Waals surface area contributed by atoms with E-state index in [1.807, 2.05) is 0 Å². The number of non-ortho nitro benzene ring substituents is 1. The van der Waals surface area contributed by atoms with Crippen molar-refractivity contribution in [1.29, 1.82) is 0 Å². The first-order valence-corrected chi connectivity index (χ1v) is 12.2. The van der Waals surface area contributed by atoms with Gasteiger partial charge < -0.3 is 28.4 Å². The van der Waals surface area contributed by atoms with E-state index in [-0.39, 0.29) is 22.6 Å². The molecule has 0 unspecified atom stereocenters. The van der Waals surface area contributed by atoms with Crippen LogP contribution in [-0.4, -0.2) is 71.9 Å². The van der Waals surface area contributed by atoms with E-state index in [1.165, 1.54) is 48.5 Å². The highest BCUT2D eigenvalue weighted by Gasteiger charge is 2.53. The lowest BCUT2D eigenvalue weighted by Gasteiger charge is -2.43. The molecule has 1 saturated heterocycles. The minimum Gasteiger partial charge on any atom is -0.463 e. The molecular weight excluding hydrogens is 546 g/mol. The largest absolute Gasteiger partial charge is 0.463 e. The summed E-state index contributed by atoms with van der Waals surface area (Å²) in [5.74, 6) is -3.26. The third-order valence-electron chi connectivity index (χ3n) is 5.66. The molecule has 41 heavy (non-hydrogen) atoms. The van der Waals surface area contributed by atoms with Gasteiger partial charge in [0.2, 0.25) is 12.4 Å². The monoisotopic (exact) mass is 573 g/mol. The highest BCUT2D eigenvalue weighted by Crippen LogP contribution is 2.31. The molecule has 1 aliphatic rings. The molecule has 0 saturated carbocycles. The van der Waals surface area contributed by atoms with Crippen molar-refractivity contribution in [2.45, 2.75) is 58.4 Å². The van der Waals surface area contributed by atoms with Crippen molar-refractivity contribution >= 4 is 35.3 Å². The number of carbonyl (C=O) groups is 5. The van der Waals surface area contributed by atoms with Crippen LogP contribution in [0.4, 0.5) is 5.69 Å². The van der Waals surface area contributed by atoms with Gasteiger partial charge in [-0.3, -0.25) is 34.1 Å². The maximum absolute atomic E-state index is 12.8. The molecule has 218 valence electrons. The maximum Gasteiger partial charge on any atom is 0.303 e. The van der Waals surface area contributed by atoms with Crippen LogP contribution in [0.5, 0.6) is 5.75 Å². The average Bonchev–Trinajstić information content (AvgIpc) is 2.90. The second-order valence-corrected chi connectivity index (χ2v) is 8.84. The number of ketones is 1. The van der Waals surface area contributed by atoms with Crippen LogP contribution in [-0.2, 0) is 42.9 Å². The van der Waals surface area contributed by atoms with E-state index in [0.29, 0.717) is 0 Å². The second kappa shape index (κ2) is 13.5. The molecule has 3 rings (SSSR count). The maximum atomic E-state index is 12.8. The van der Waals surface area contributed by atoms with Crippen molar-refractivity contribution in [1.82, 2.24) is 0 Å². The number of nitro benzene ring substituents is 1. The first kappa shape index (κ1) is 30.7. The Morgan fingerprint density at radius 2 is 1.22 bits per heavy atom. The summed E-state index contributed by atoms with van der Waals surface area (Å²) in [4.78, 5) is 70.3. The van der Waals surface area contributed by atoms with Crippen LogP contribution in [0.3, 0.4) is 0 Å². The standard InChI is InChI=1S/C27H27NO13/c1-14(29)36-13-22-24(37-15(2)30)25(38-16(3)31)26(39-17(4)32)27(41-22)40-21-11-7-19(8-12-21)23(33)18-5-9-20(10-6-18)28(34)35/h5-12,22,24-27H,13H2,1-4H3/t22-,24-,25+,26-,27-/m1/s1. The van der Waals surface area contributed by atoms with Gasteiger partial charge in [-0.05, 0) is 36.4 Å². The summed E-state index contributed by atoms with van der Waals surface area (Å²) in [6.45, 7) is 4.05. The quantitative estimate of drug-likeness (QED) is 0.133. The molecule has 0 amide bonds. The molecular formula is C27H27NO13. The molecule has 0 spiro atoms. The average molecular weight is 574 g/mol. The van der Waals surface area contributed by atoms with Crippen LogP contribution in [0.15, 0.2) is 48.5 Å². The molecule has 1 fully saturated rings. The molecule has 2 aromatic rings. The van der Waals surface area contributed by atoms with Crippen LogP contribution in [0.25, 0.3) is 0 Å². The van der Waals surface area contributed by atoms with Crippen molar-refractivity contribution in [3.63, 3.8) is 0 Å². The highest BCUT2D eigenvalue weighted by atomic mass is 16.7. The Morgan fingerprint density at radius 3 is 1.71 bits per heavy atom. The fourth-order valence-electron chi connectivity index (χ4n) is 4.00. The van der Waals surface area contributed by atoms with E-state index in [1.54, 1.807) is 0 Å². The summed E-state index contributed by atoms with van der Waals surface area (Å²) in [6.07, 6.45) is -6.78. The van der Waals surface area contributed by atoms with Crippen molar-refractivity contribution in [3.05, 3.63) is 69.8 Å². The van der Waals surface area contributed by atoms with Crippen molar-refractivity contribution in [2.75, 3.05) is 6.61 Å². The SMILES string of the molecule is CC(=O)OC[C@H]1O[C@@H](Oc2ccc(C(=O)c3ccc([N+](=O)[O-])cc3)cc2)[C@H](OC(C)=O)[C@@H](OC(C)=O)[C@@H]1OC(C)=O. The van der Waals surface area contributed by atoms with Gasteiger partial charge in [0.1, 0.15) is 18.5 Å². The summed E-state index contributed by atoms with van der Waals surface area (Å²) in [7, 11) is 0. The third kappa shape index (κ3) is 8.32. The molecule has 5 atom stereocenters. The van der Waals surface area contributed by atoms with Crippen LogP contribution in [0, 0.1) is 10.1 Å². The van der Waals surface area contributed by atoms with Crippen LogP contribution >= 0.6 is 0 Å². The summed E-state index contributed by atoms with van der Waals surface area (Å²) < 4.78 is 32.8. The zero-order chi connectivity index (χ0) is 30.3.